The summed E-state index contributed by atoms with van der Waals surface area (Å²) >= 11 is 1.89. The van der Waals surface area contributed by atoms with E-state index in [1.807, 2.05) is 11.8 Å². The zero-order valence-electron chi connectivity index (χ0n) is 19.6. The van der Waals surface area contributed by atoms with E-state index in [1.165, 1.54) is 54.5 Å². The quantitative estimate of drug-likeness (QED) is 0.251. The summed E-state index contributed by atoms with van der Waals surface area (Å²) in [6, 6.07) is 44.8. The fraction of sp³-hybridized carbons (Fsp3) is 0.0909. The van der Waals surface area contributed by atoms with Gasteiger partial charge in [0, 0.05) is 27.7 Å². The standard InChI is InChI=1S/C33H25NS/c1-23-12-2-3-13-24(23)22-34-29-18-8-4-14-25(29)33(26-15-5-9-19-30(26)34)27-16-6-10-20-31(27)35-32-21-11-7-17-28(32)33/h2-21H,22H2,1H3. The molecule has 0 saturated carbocycles. The van der Waals surface area contributed by atoms with Crippen molar-refractivity contribution in [3.63, 3.8) is 0 Å². The van der Waals surface area contributed by atoms with Gasteiger partial charge in [-0.05, 0) is 64.6 Å². The molecule has 0 aliphatic carbocycles. The van der Waals surface area contributed by atoms with E-state index in [9.17, 15) is 0 Å². The highest BCUT2D eigenvalue weighted by molar-refractivity contribution is 7.99. The molecular formula is C33H25NS. The Kier molecular flexibility index (Phi) is 4.65. The number of anilines is 2. The van der Waals surface area contributed by atoms with Crippen LogP contribution in [0.1, 0.15) is 33.4 Å². The molecule has 1 nitrogen and oxygen atoms in total. The smallest absolute Gasteiger partial charge is 0.0763 e. The molecule has 168 valence electrons. The second-order valence-corrected chi connectivity index (χ2v) is 10.5. The second kappa shape index (κ2) is 7.90. The molecule has 0 unspecified atom stereocenters. The molecule has 5 aromatic rings. The van der Waals surface area contributed by atoms with E-state index >= 15 is 0 Å². The molecule has 2 aliphatic heterocycles. The highest BCUT2D eigenvalue weighted by atomic mass is 32.2. The normalized spacial score (nSPS) is 14.6. The maximum atomic E-state index is 2.52. The van der Waals surface area contributed by atoms with Crippen LogP contribution in [0.5, 0.6) is 0 Å². The zero-order valence-corrected chi connectivity index (χ0v) is 20.4. The molecule has 2 aliphatic rings. The van der Waals surface area contributed by atoms with Crippen LogP contribution in [-0.4, -0.2) is 0 Å². The van der Waals surface area contributed by atoms with E-state index in [0.29, 0.717) is 0 Å². The third-order valence-corrected chi connectivity index (χ3v) is 8.74. The Balaban J connectivity index is 1.58. The van der Waals surface area contributed by atoms with Crippen LogP contribution in [0.4, 0.5) is 11.4 Å². The summed E-state index contributed by atoms with van der Waals surface area (Å²) < 4.78 is 0. The average molecular weight is 468 g/mol. The molecule has 0 amide bonds. The van der Waals surface area contributed by atoms with Gasteiger partial charge >= 0.3 is 0 Å². The van der Waals surface area contributed by atoms with E-state index < -0.39 is 0 Å². The maximum absolute atomic E-state index is 2.52. The van der Waals surface area contributed by atoms with Crippen LogP contribution in [0.2, 0.25) is 0 Å². The van der Waals surface area contributed by atoms with Gasteiger partial charge in [0.25, 0.3) is 0 Å². The van der Waals surface area contributed by atoms with Gasteiger partial charge in [-0.3, -0.25) is 0 Å². The van der Waals surface area contributed by atoms with E-state index in [2.05, 4.69) is 133 Å². The molecule has 2 heteroatoms. The summed E-state index contributed by atoms with van der Waals surface area (Å²) in [5, 5.41) is 0. The first-order chi connectivity index (χ1) is 17.3. The van der Waals surface area contributed by atoms with Crippen molar-refractivity contribution in [3.05, 3.63) is 155 Å². The Labute approximate surface area is 211 Å². The lowest BCUT2D eigenvalue weighted by molar-refractivity contribution is 0.681. The highest BCUT2D eigenvalue weighted by Gasteiger charge is 2.49. The summed E-state index contributed by atoms with van der Waals surface area (Å²) in [5.41, 5.74) is 10.4. The Bertz CT molecular complexity index is 1490. The van der Waals surface area contributed by atoms with Crippen molar-refractivity contribution in [1.82, 2.24) is 0 Å². The monoisotopic (exact) mass is 467 g/mol. The van der Waals surface area contributed by atoms with Crippen LogP contribution < -0.4 is 4.90 Å². The van der Waals surface area contributed by atoms with Crippen molar-refractivity contribution in [2.75, 3.05) is 4.90 Å². The van der Waals surface area contributed by atoms with E-state index in [0.717, 1.165) is 6.54 Å². The van der Waals surface area contributed by atoms with Gasteiger partial charge in [-0.25, -0.2) is 0 Å². The van der Waals surface area contributed by atoms with E-state index in [4.69, 9.17) is 0 Å². The molecule has 0 atom stereocenters. The summed E-state index contributed by atoms with van der Waals surface area (Å²) in [7, 11) is 0. The van der Waals surface area contributed by atoms with Crippen LogP contribution in [0.25, 0.3) is 0 Å². The van der Waals surface area contributed by atoms with Crippen molar-refractivity contribution in [2.45, 2.75) is 28.7 Å². The summed E-state index contributed by atoms with van der Waals surface area (Å²) in [4.78, 5) is 5.19. The van der Waals surface area contributed by atoms with E-state index in [-0.39, 0.29) is 5.41 Å². The molecule has 0 aromatic heterocycles. The number of aryl methyl sites for hydroxylation is 1. The number of benzene rings is 5. The Hall–Kier alpha value is -3.75. The zero-order chi connectivity index (χ0) is 23.4. The summed E-state index contributed by atoms with van der Waals surface area (Å²) in [6.45, 7) is 3.05. The van der Waals surface area contributed by atoms with Crippen LogP contribution in [-0.2, 0) is 12.0 Å². The fourth-order valence-corrected chi connectivity index (χ4v) is 7.22. The van der Waals surface area contributed by atoms with Gasteiger partial charge in [0.1, 0.15) is 0 Å². The van der Waals surface area contributed by atoms with Crippen molar-refractivity contribution in [2.24, 2.45) is 0 Å². The SMILES string of the molecule is Cc1ccccc1CN1c2ccccc2C2(c3ccccc3Sc3ccccc32)c2ccccc21. The second-order valence-electron chi connectivity index (χ2n) is 9.39. The molecule has 7 rings (SSSR count). The lowest BCUT2D eigenvalue weighted by Gasteiger charge is -2.49. The summed E-state index contributed by atoms with van der Waals surface area (Å²) in [5.74, 6) is 0. The first-order valence-corrected chi connectivity index (χ1v) is 13.0. The first kappa shape index (κ1) is 20.6. The number of hydrogen-bond donors (Lipinski definition) is 0. The number of rotatable bonds is 2. The third-order valence-electron chi connectivity index (χ3n) is 7.59. The molecule has 1 spiro atoms. The molecule has 2 heterocycles. The number of nitrogens with zero attached hydrogens (tertiary/aromatic N) is 1. The predicted octanol–water partition coefficient (Wildman–Crippen LogP) is 8.49. The molecule has 0 fully saturated rings. The fourth-order valence-electron chi connectivity index (χ4n) is 6.03. The Morgan fingerprint density at radius 3 is 1.57 bits per heavy atom. The van der Waals surface area contributed by atoms with Crippen LogP contribution in [0.3, 0.4) is 0 Å². The van der Waals surface area contributed by atoms with Crippen LogP contribution in [0, 0.1) is 6.92 Å². The van der Waals surface area contributed by atoms with Gasteiger partial charge in [0.05, 0.1) is 5.41 Å². The largest absolute Gasteiger partial charge is 0.336 e. The third kappa shape index (κ3) is 2.90. The van der Waals surface area contributed by atoms with Crippen molar-refractivity contribution in [1.29, 1.82) is 0 Å². The lowest BCUT2D eigenvalue weighted by Crippen LogP contribution is -2.40. The maximum Gasteiger partial charge on any atom is 0.0763 e. The molecule has 35 heavy (non-hydrogen) atoms. The van der Waals surface area contributed by atoms with Gasteiger partial charge in [0.2, 0.25) is 0 Å². The van der Waals surface area contributed by atoms with Crippen LogP contribution in [0.15, 0.2) is 131 Å². The van der Waals surface area contributed by atoms with Crippen molar-refractivity contribution >= 4 is 23.1 Å². The van der Waals surface area contributed by atoms with Crippen molar-refractivity contribution in [3.8, 4) is 0 Å². The first-order valence-electron chi connectivity index (χ1n) is 12.2. The summed E-state index contributed by atoms with van der Waals surface area (Å²) in [6.07, 6.45) is 0. The van der Waals surface area contributed by atoms with E-state index in [1.54, 1.807) is 0 Å². The molecule has 0 saturated heterocycles. The lowest BCUT2D eigenvalue weighted by atomic mass is 9.62. The minimum absolute atomic E-state index is 0.353. The number of fused-ring (bicyclic) bond motifs is 8. The number of para-hydroxylation sites is 2. The predicted molar refractivity (Wildman–Crippen MR) is 146 cm³/mol. The topological polar surface area (TPSA) is 3.24 Å². The Morgan fingerprint density at radius 2 is 1.00 bits per heavy atom. The number of hydrogen-bond acceptors (Lipinski definition) is 2. The average Bonchev–Trinajstić information content (AvgIpc) is 2.91. The molecule has 0 N–H and O–H groups in total. The van der Waals surface area contributed by atoms with Gasteiger partial charge in [0.15, 0.2) is 0 Å². The van der Waals surface area contributed by atoms with Gasteiger partial charge < -0.3 is 4.90 Å². The minimum Gasteiger partial charge on any atom is -0.336 e. The van der Waals surface area contributed by atoms with Gasteiger partial charge in [-0.1, -0.05) is 109 Å². The van der Waals surface area contributed by atoms with Crippen LogP contribution >= 0.6 is 11.8 Å². The molecule has 5 aromatic carbocycles. The van der Waals surface area contributed by atoms with Gasteiger partial charge in [-0.2, -0.15) is 0 Å². The highest BCUT2D eigenvalue weighted by Crippen LogP contribution is 2.61. The van der Waals surface area contributed by atoms with Crippen molar-refractivity contribution < 1.29 is 0 Å². The minimum atomic E-state index is -0.353. The Morgan fingerprint density at radius 1 is 0.543 bits per heavy atom. The van der Waals surface area contributed by atoms with Gasteiger partial charge in [-0.15, -0.1) is 0 Å². The molecule has 0 radical (unpaired) electrons. The molecular weight excluding hydrogens is 442 g/mol. The molecule has 0 bridgehead atoms.